The van der Waals surface area contributed by atoms with Gasteiger partial charge >= 0.3 is 0 Å². The molecule has 0 aliphatic rings. The summed E-state index contributed by atoms with van der Waals surface area (Å²) in [4.78, 5) is 4.72. The lowest BCUT2D eigenvalue weighted by Crippen LogP contribution is -1.92. The van der Waals surface area contributed by atoms with E-state index in [1.54, 1.807) is 31.0 Å². The number of thioether (sulfide) groups is 1. The van der Waals surface area contributed by atoms with Crippen molar-refractivity contribution in [3.8, 4) is 5.75 Å². The van der Waals surface area contributed by atoms with Crippen LogP contribution >= 0.6 is 46.6 Å². The highest BCUT2D eigenvalue weighted by atomic mass is 35.5. The molecule has 1 heterocycles. The minimum atomic E-state index is 0.492. The van der Waals surface area contributed by atoms with Crippen molar-refractivity contribution < 1.29 is 4.74 Å². The van der Waals surface area contributed by atoms with E-state index in [0.29, 0.717) is 20.8 Å². The van der Waals surface area contributed by atoms with Crippen LogP contribution in [0.15, 0.2) is 41.4 Å². The van der Waals surface area contributed by atoms with E-state index in [1.165, 1.54) is 0 Å². The van der Waals surface area contributed by atoms with Gasteiger partial charge in [-0.25, -0.2) is 4.98 Å². The van der Waals surface area contributed by atoms with Crippen LogP contribution in [-0.2, 0) is 5.75 Å². The summed E-state index contributed by atoms with van der Waals surface area (Å²) in [5, 5.41) is 3.56. The molecule has 6 heteroatoms. The predicted octanol–water partition coefficient (Wildman–Crippen LogP) is 6.80. The van der Waals surface area contributed by atoms with Crippen molar-refractivity contribution in [1.29, 1.82) is 0 Å². The maximum atomic E-state index is 6.27. The molecule has 0 spiro atoms. The normalized spacial score (nSPS) is 11.0. The van der Waals surface area contributed by atoms with Gasteiger partial charge in [0.25, 0.3) is 0 Å². The van der Waals surface area contributed by atoms with Crippen molar-refractivity contribution in [3.63, 3.8) is 0 Å². The monoisotopic (exact) mass is 397 g/mol. The van der Waals surface area contributed by atoms with Gasteiger partial charge in [0.1, 0.15) is 11.3 Å². The molecule has 0 saturated carbocycles. The Balaban J connectivity index is 1.96. The lowest BCUT2D eigenvalue weighted by Gasteiger charge is -2.11. The van der Waals surface area contributed by atoms with Crippen LogP contribution in [-0.4, -0.2) is 12.1 Å². The van der Waals surface area contributed by atoms with E-state index in [2.05, 4.69) is 13.0 Å². The van der Waals surface area contributed by atoms with Crippen molar-refractivity contribution in [2.24, 2.45) is 0 Å². The first-order valence-electron chi connectivity index (χ1n) is 7.20. The SMILES string of the molecule is COc1cccc2c(C)cc(SCc3c(Cl)ccc(Cl)c3Cl)nc12. The number of fused-ring (bicyclic) bond motifs is 1. The number of nitrogens with zero attached hydrogens (tertiary/aromatic N) is 1. The molecule has 0 aliphatic heterocycles. The van der Waals surface area contributed by atoms with Gasteiger partial charge in [-0.15, -0.1) is 11.8 Å². The number of pyridine rings is 1. The summed E-state index contributed by atoms with van der Waals surface area (Å²) in [6, 6.07) is 11.4. The van der Waals surface area contributed by atoms with Gasteiger partial charge in [0.05, 0.1) is 22.2 Å². The molecule has 3 rings (SSSR count). The highest BCUT2D eigenvalue weighted by molar-refractivity contribution is 7.98. The fourth-order valence-electron chi connectivity index (χ4n) is 2.45. The van der Waals surface area contributed by atoms with E-state index in [1.807, 2.05) is 18.2 Å². The number of para-hydroxylation sites is 1. The van der Waals surface area contributed by atoms with E-state index in [9.17, 15) is 0 Å². The Kier molecular flexibility index (Phi) is 5.46. The van der Waals surface area contributed by atoms with Crippen molar-refractivity contribution in [1.82, 2.24) is 4.98 Å². The minimum absolute atomic E-state index is 0.492. The summed E-state index contributed by atoms with van der Waals surface area (Å²) in [6.45, 7) is 2.06. The first kappa shape index (κ1) is 17.7. The number of methoxy groups -OCH3 is 1. The van der Waals surface area contributed by atoms with Crippen LogP contribution in [0.5, 0.6) is 5.75 Å². The second-order valence-electron chi connectivity index (χ2n) is 5.24. The largest absolute Gasteiger partial charge is 0.494 e. The second kappa shape index (κ2) is 7.40. The van der Waals surface area contributed by atoms with Gasteiger partial charge in [0, 0.05) is 21.7 Å². The van der Waals surface area contributed by atoms with Gasteiger partial charge in [0.15, 0.2) is 0 Å². The Morgan fingerprint density at radius 2 is 1.83 bits per heavy atom. The molecule has 3 aromatic rings. The van der Waals surface area contributed by atoms with Crippen molar-refractivity contribution in [2.75, 3.05) is 7.11 Å². The minimum Gasteiger partial charge on any atom is -0.494 e. The van der Waals surface area contributed by atoms with E-state index in [4.69, 9.17) is 44.5 Å². The van der Waals surface area contributed by atoms with Gasteiger partial charge in [-0.1, -0.05) is 46.9 Å². The lowest BCUT2D eigenvalue weighted by atomic mass is 10.1. The van der Waals surface area contributed by atoms with Gasteiger partial charge in [-0.05, 0) is 36.8 Å². The van der Waals surface area contributed by atoms with Crippen LogP contribution in [0.3, 0.4) is 0 Å². The van der Waals surface area contributed by atoms with E-state index >= 15 is 0 Å². The van der Waals surface area contributed by atoms with Crippen LogP contribution < -0.4 is 4.74 Å². The number of aryl methyl sites for hydroxylation is 1. The van der Waals surface area contributed by atoms with Crippen molar-refractivity contribution in [2.45, 2.75) is 17.7 Å². The molecular weight excluding hydrogens is 385 g/mol. The standard InChI is InChI=1S/C18H14Cl3NOS/c1-10-8-16(22-18-11(10)4-3-5-15(18)23-2)24-9-12-13(19)6-7-14(20)17(12)21/h3-8H,9H2,1-2H3. The number of benzene rings is 2. The number of hydrogen-bond acceptors (Lipinski definition) is 3. The van der Waals surface area contributed by atoms with Crippen LogP contribution in [0, 0.1) is 6.92 Å². The van der Waals surface area contributed by atoms with Gasteiger partial charge < -0.3 is 4.74 Å². The molecule has 0 amide bonds. The Morgan fingerprint density at radius 3 is 2.58 bits per heavy atom. The zero-order chi connectivity index (χ0) is 17.3. The Bertz CT molecular complexity index is 914. The highest BCUT2D eigenvalue weighted by Gasteiger charge is 2.12. The average Bonchev–Trinajstić information content (AvgIpc) is 2.58. The number of ether oxygens (including phenoxy) is 1. The average molecular weight is 399 g/mol. The molecule has 1 aromatic heterocycles. The van der Waals surface area contributed by atoms with Gasteiger partial charge in [-0.3, -0.25) is 0 Å². The molecule has 0 aliphatic carbocycles. The molecule has 0 atom stereocenters. The van der Waals surface area contributed by atoms with Crippen molar-refractivity contribution >= 4 is 57.5 Å². The van der Waals surface area contributed by atoms with Crippen LogP contribution in [0.2, 0.25) is 15.1 Å². The summed E-state index contributed by atoms with van der Waals surface area (Å²) in [5.74, 6) is 1.35. The first-order chi connectivity index (χ1) is 11.5. The summed E-state index contributed by atoms with van der Waals surface area (Å²) in [6.07, 6.45) is 0. The molecule has 0 N–H and O–H groups in total. The zero-order valence-electron chi connectivity index (χ0n) is 13.1. The number of hydrogen-bond donors (Lipinski definition) is 0. The van der Waals surface area contributed by atoms with Crippen LogP contribution in [0.1, 0.15) is 11.1 Å². The maximum Gasteiger partial charge on any atom is 0.145 e. The lowest BCUT2D eigenvalue weighted by molar-refractivity contribution is 0.418. The molecule has 24 heavy (non-hydrogen) atoms. The number of aromatic nitrogens is 1. The molecular formula is C18H14Cl3NOS. The van der Waals surface area contributed by atoms with Gasteiger partial charge in [0.2, 0.25) is 0 Å². The van der Waals surface area contributed by atoms with Crippen LogP contribution in [0.4, 0.5) is 0 Å². The molecule has 2 aromatic carbocycles. The topological polar surface area (TPSA) is 22.1 Å². The third-order valence-corrected chi connectivity index (χ3v) is 5.84. The van der Waals surface area contributed by atoms with E-state index in [0.717, 1.165) is 32.8 Å². The Hall–Kier alpha value is -1.13. The third kappa shape index (κ3) is 3.45. The van der Waals surface area contributed by atoms with E-state index < -0.39 is 0 Å². The molecule has 0 unspecified atom stereocenters. The zero-order valence-corrected chi connectivity index (χ0v) is 16.2. The molecule has 2 nitrogen and oxygen atoms in total. The predicted molar refractivity (Wildman–Crippen MR) is 104 cm³/mol. The molecule has 0 bridgehead atoms. The fourth-order valence-corrected chi connectivity index (χ4v) is 4.30. The molecule has 0 radical (unpaired) electrons. The smallest absolute Gasteiger partial charge is 0.145 e. The Morgan fingerprint density at radius 1 is 1.08 bits per heavy atom. The molecule has 0 fully saturated rings. The summed E-state index contributed by atoms with van der Waals surface area (Å²) in [7, 11) is 1.65. The third-order valence-electron chi connectivity index (χ3n) is 3.71. The fraction of sp³-hybridized carbons (Fsp3) is 0.167. The van der Waals surface area contributed by atoms with Gasteiger partial charge in [-0.2, -0.15) is 0 Å². The first-order valence-corrected chi connectivity index (χ1v) is 9.32. The van der Waals surface area contributed by atoms with Crippen molar-refractivity contribution in [3.05, 3.63) is 62.6 Å². The Labute approximate surface area is 160 Å². The maximum absolute atomic E-state index is 6.27. The summed E-state index contributed by atoms with van der Waals surface area (Å²) >= 11 is 20.2. The number of halogens is 3. The summed E-state index contributed by atoms with van der Waals surface area (Å²) < 4.78 is 5.42. The number of rotatable bonds is 4. The van der Waals surface area contributed by atoms with Crippen LogP contribution in [0.25, 0.3) is 10.9 Å². The quantitative estimate of drug-likeness (QED) is 0.356. The second-order valence-corrected chi connectivity index (χ2v) is 7.43. The summed E-state index contributed by atoms with van der Waals surface area (Å²) in [5.41, 5.74) is 2.81. The molecule has 0 saturated heterocycles. The highest BCUT2D eigenvalue weighted by Crippen LogP contribution is 2.36. The van der Waals surface area contributed by atoms with E-state index in [-0.39, 0.29) is 0 Å². The molecule has 124 valence electrons.